The molecule has 0 N–H and O–H groups in total. The zero-order valence-corrected chi connectivity index (χ0v) is 14.8. The van der Waals surface area contributed by atoms with Gasteiger partial charge < -0.3 is 14.4 Å². The third-order valence-corrected chi connectivity index (χ3v) is 4.25. The number of allylic oxidation sites excluding steroid dienone is 1. The molecule has 2 aliphatic heterocycles. The van der Waals surface area contributed by atoms with Gasteiger partial charge in [-0.15, -0.1) is 0 Å². The van der Waals surface area contributed by atoms with Crippen molar-refractivity contribution in [2.45, 2.75) is 13.5 Å². The van der Waals surface area contributed by atoms with Crippen LogP contribution in [0, 0.1) is 0 Å². The Balaban J connectivity index is 1.60. The number of anilines is 1. The Morgan fingerprint density at radius 1 is 1.19 bits per heavy atom. The van der Waals surface area contributed by atoms with Crippen LogP contribution in [0.25, 0.3) is 11.5 Å². The second-order valence-electron chi connectivity index (χ2n) is 6.21. The van der Waals surface area contributed by atoms with E-state index in [-0.39, 0.29) is 0 Å². The number of ether oxygens (including phenoxy) is 2. The normalized spacial score (nSPS) is 17.0. The highest BCUT2D eigenvalue weighted by molar-refractivity contribution is 5.95. The number of aliphatic imine (C=N–C) groups is 1. The Morgan fingerprint density at radius 3 is 2.81 bits per heavy atom. The summed E-state index contributed by atoms with van der Waals surface area (Å²) < 4.78 is 11.3. The molecule has 2 aromatic rings. The van der Waals surface area contributed by atoms with Crippen LogP contribution >= 0.6 is 0 Å². The maximum absolute atomic E-state index is 5.89. The van der Waals surface area contributed by atoms with Crippen LogP contribution in [0.5, 0.6) is 0 Å². The van der Waals surface area contributed by atoms with Gasteiger partial charge in [-0.05, 0) is 25.1 Å². The van der Waals surface area contributed by atoms with Crippen LogP contribution in [0.1, 0.15) is 12.6 Å². The summed E-state index contributed by atoms with van der Waals surface area (Å²) in [4.78, 5) is 20.3. The molecule has 0 amide bonds. The molecule has 2 aromatic heterocycles. The first-order chi connectivity index (χ1) is 12.8. The average Bonchev–Trinajstić information content (AvgIpc) is 3.13. The molecule has 4 rings (SSSR count). The van der Waals surface area contributed by atoms with Gasteiger partial charge >= 0.3 is 0 Å². The first kappa shape index (κ1) is 16.7. The van der Waals surface area contributed by atoms with Crippen molar-refractivity contribution in [2.24, 2.45) is 4.99 Å². The van der Waals surface area contributed by atoms with Crippen LogP contribution in [0.2, 0.25) is 0 Å². The van der Waals surface area contributed by atoms with Crippen LogP contribution in [0.15, 0.2) is 47.3 Å². The highest BCUT2D eigenvalue weighted by Crippen LogP contribution is 2.21. The first-order valence-corrected chi connectivity index (χ1v) is 8.74. The molecule has 0 aromatic carbocycles. The monoisotopic (exact) mass is 351 g/mol. The summed E-state index contributed by atoms with van der Waals surface area (Å²) in [5.41, 5.74) is 2.57. The Bertz CT molecular complexity index is 829. The van der Waals surface area contributed by atoms with Crippen LogP contribution < -0.4 is 4.90 Å². The lowest BCUT2D eigenvalue weighted by Crippen LogP contribution is -2.37. The summed E-state index contributed by atoms with van der Waals surface area (Å²) in [6.07, 6.45) is 3.71. The van der Waals surface area contributed by atoms with E-state index in [2.05, 4.69) is 19.9 Å². The van der Waals surface area contributed by atoms with Gasteiger partial charge in [-0.1, -0.05) is 6.07 Å². The number of nitrogens with zero attached hydrogens (tertiary/aromatic N) is 5. The van der Waals surface area contributed by atoms with Crippen molar-refractivity contribution in [1.82, 2.24) is 15.0 Å². The molecule has 0 unspecified atom stereocenters. The molecule has 134 valence electrons. The summed E-state index contributed by atoms with van der Waals surface area (Å²) in [6, 6.07) is 7.72. The van der Waals surface area contributed by atoms with Gasteiger partial charge in [0, 0.05) is 31.1 Å². The fraction of sp³-hybridized carbons (Fsp3) is 0.368. The lowest BCUT2D eigenvalue weighted by Gasteiger charge is -2.28. The van der Waals surface area contributed by atoms with Crippen molar-refractivity contribution in [3.05, 3.63) is 48.0 Å². The van der Waals surface area contributed by atoms with E-state index >= 15 is 0 Å². The average molecular weight is 351 g/mol. The number of rotatable bonds is 5. The minimum atomic E-state index is 0.383. The van der Waals surface area contributed by atoms with E-state index in [1.807, 2.05) is 37.3 Å². The maximum Gasteiger partial charge on any atom is 0.180 e. The van der Waals surface area contributed by atoms with Crippen LogP contribution in [0.3, 0.4) is 0 Å². The molecular weight excluding hydrogens is 330 g/mol. The van der Waals surface area contributed by atoms with Crippen molar-refractivity contribution in [3.63, 3.8) is 0 Å². The molecular formula is C19H21N5O2. The van der Waals surface area contributed by atoms with Gasteiger partial charge in [0.25, 0.3) is 0 Å². The van der Waals surface area contributed by atoms with Crippen molar-refractivity contribution in [3.8, 4) is 11.5 Å². The molecule has 1 fully saturated rings. The zero-order valence-electron chi connectivity index (χ0n) is 14.8. The lowest BCUT2D eigenvalue weighted by atomic mass is 10.3. The van der Waals surface area contributed by atoms with E-state index in [0.29, 0.717) is 32.2 Å². The highest BCUT2D eigenvalue weighted by atomic mass is 16.5. The van der Waals surface area contributed by atoms with Gasteiger partial charge in [-0.2, -0.15) is 0 Å². The van der Waals surface area contributed by atoms with Gasteiger partial charge in [-0.3, -0.25) is 9.98 Å². The third kappa shape index (κ3) is 3.88. The van der Waals surface area contributed by atoms with E-state index < -0.39 is 0 Å². The van der Waals surface area contributed by atoms with E-state index in [9.17, 15) is 0 Å². The minimum Gasteiger partial charge on any atom is -0.490 e. The number of pyridine rings is 1. The largest absolute Gasteiger partial charge is 0.490 e. The van der Waals surface area contributed by atoms with E-state index in [1.54, 1.807) is 6.20 Å². The summed E-state index contributed by atoms with van der Waals surface area (Å²) in [5, 5.41) is 0. The van der Waals surface area contributed by atoms with E-state index in [4.69, 9.17) is 14.5 Å². The second-order valence-corrected chi connectivity index (χ2v) is 6.21. The molecule has 0 bridgehead atoms. The highest BCUT2D eigenvalue weighted by Gasteiger charge is 2.17. The van der Waals surface area contributed by atoms with Gasteiger partial charge in [0.05, 0.1) is 25.5 Å². The number of morpholine rings is 1. The fourth-order valence-corrected chi connectivity index (χ4v) is 2.90. The molecule has 4 heterocycles. The SMILES string of the molecule is CC1=NCC(OCc2cc(N3CCOCC3)nc(-c3ccccn3)n2)=C1. The third-order valence-electron chi connectivity index (χ3n) is 4.25. The standard InChI is InChI=1S/C19H21N5O2/c1-14-10-16(12-21-14)26-13-15-11-18(24-6-8-25-9-7-24)23-19(22-15)17-4-2-3-5-20-17/h2-5,10-11H,6-9,12-13H2,1H3. The molecule has 1 saturated heterocycles. The molecule has 0 saturated carbocycles. The molecule has 0 aliphatic carbocycles. The molecule has 2 aliphatic rings. The summed E-state index contributed by atoms with van der Waals surface area (Å²) >= 11 is 0. The minimum absolute atomic E-state index is 0.383. The molecule has 0 radical (unpaired) electrons. The first-order valence-electron chi connectivity index (χ1n) is 8.74. The maximum atomic E-state index is 5.89. The predicted octanol–water partition coefficient (Wildman–Crippen LogP) is 2.25. The van der Waals surface area contributed by atoms with Crippen molar-refractivity contribution < 1.29 is 9.47 Å². The number of hydrogen-bond donors (Lipinski definition) is 0. The molecule has 7 heteroatoms. The number of aromatic nitrogens is 3. The molecule has 0 atom stereocenters. The second kappa shape index (κ2) is 7.61. The topological polar surface area (TPSA) is 72.7 Å². The van der Waals surface area contributed by atoms with E-state index in [0.717, 1.165) is 41.8 Å². The van der Waals surface area contributed by atoms with Gasteiger partial charge in [0.1, 0.15) is 23.9 Å². The Kier molecular flexibility index (Phi) is 4.88. The Labute approximate surface area is 152 Å². The quantitative estimate of drug-likeness (QED) is 0.823. The van der Waals surface area contributed by atoms with Crippen LogP contribution in [-0.2, 0) is 16.1 Å². The fourth-order valence-electron chi connectivity index (χ4n) is 2.90. The number of hydrogen-bond acceptors (Lipinski definition) is 7. The Hall–Kier alpha value is -2.80. The van der Waals surface area contributed by atoms with Crippen molar-refractivity contribution in [2.75, 3.05) is 37.7 Å². The van der Waals surface area contributed by atoms with Gasteiger partial charge in [0.15, 0.2) is 5.82 Å². The van der Waals surface area contributed by atoms with Crippen LogP contribution in [-0.4, -0.2) is 53.5 Å². The Morgan fingerprint density at radius 2 is 2.08 bits per heavy atom. The van der Waals surface area contributed by atoms with Crippen molar-refractivity contribution >= 4 is 11.5 Å². The zero-order chi connectivity index (χ0) is 17.8. The smallest absolute Gasteiger partial charge is 0.180 e. The summed E-state index contributed by atoms with van der Waals surface area (Å²) in [7, 11) is 0. The lowest BCUT2D eigenvalue weighted by molar-refractivity contribution is 0.122. The van der Waals surface area contributed by atoms with Crippen molar-refractivity contribution in [1.29, 1.82) is 0 Å². The molecule has 26 heavy (non-hydrogen) atoms. The van der Waals surface area contributed by atoms with Crippen LogP contribution in [0.4, 0.5) is 5.82 Å². The summed E-state index contributed by atoms with van der Waals surface area (Å²) in [5.74, 6) is 2.37. The predicted molar refractivity (Wildman–Crippen MR) is 99.1 cm³/mol. The summed E-state index contributed by atoms with van der Waals surface area (Å²) in [6.45, 7) is 6.00. The molecule has 0 spiro atoms. The van der Waals surface area contributed by atoms with Gasteiger partial charge in [0.2, 0.25) is 0 Å². The molecule has 7 nitrogen and oxygen atoms in total. The van der Waals surface area contributed by atoms with Gasteiger partial charge in [-0.25, -0.2) is 9.97 Å². The van der Waals surface area contributed by atoms with E-state index in [1.165, 1.54) is 0 Å².